The summed E-state index contributed by atoms with van der Waals surface area (Å²) in [5.41, 5.74) is 3.25. The van der Waals surface area contributed by atoms with Gasteiger partial charge >= 0.3 is 5.69 Å². The highest BCUT2D eigenvalue weighted by molar-refractivity contribution is 5.76. The van der Waals surface area contributed by atoms with Gasteiger partial charge in [-0.15, -0.1) is 0 Å². The van der Waals surface area contributed by atoms with E-state index in [2.05, 4.69) is 4.98 Å². The number of aromatic nitrogens is 5. The highest BCUT2D eigenvalue weighted by Crippen LogP contribution is 2.21. The Morgan fingerprint density at radius 1 is 0.967 bits per heavy atom. The number of rotatable bonds is 7. The fraction of sp³-hybridized carbons (Fsp3) is 0.409. The zero-order chi connectivity index (χ0) is 21.4. The zero-order valence-corrected chi connectivity index (χ0v) is 17.6. The van der Waals surface area contributed by atoms with E-state index in [-0.39, 0.29) is 17.9 Å². The molecule has 3 heterocycles. The van der Waals surface area contributed by atoms with Crippen LogP contribution in [0.4, 0.5) is 0 Å². The van der Waals surface area contributed by atoms with E-state index < -0.39 is 0 Å². The predicted molar refractivity (Wildman–Crippen MR) is 116 cm³/mol. The van der Waals surface area contributed by atoms with Gasteiger partial charge in [-0.3, -0.25) is 18.3 Å². The van der Waals surface area contributed by atoms with E-state index in [1.807, 2.05) is 53.1 Å². The van der Waals surface area contributed by atoms with Gasteiger partial charge in [-0.05, 0) is 38.7 Å². The van der Waals surface area contributed by atoms with Crippen molar-refractivity contribution in [2.75, 3.05) is 6.61 Å². The monoisotopic (exact) mass is 409 g/mol. The molecule has 0 saturated carbocycles. The number of fused-ring (bicyclic) bond motifs is 3. The molecule has 0 aliphatic carbocycles. The number of hydrogen-bond acceptors (Lipinski definition) is 4. The average Bonchev–Trinajstić information content (AvgIpc) is 3.24. The third kappa shape index (κ3) is 3.17. The SMILES string of the molecule is Cc1c(C)n2c3c(=O)n(CCCc4ccccc4)c(=O)n(C)c3nc2n1CCCO. The molecule has 0 atom stereocenters. The van der Waals surface area contributed by atoms with E-state index in [4.69, 9.17) is 0 Å². The summed E-state index contributed by atoms with van der Waals surface area (Å²) in [6.07, 6.45) is 2.09. The molecule has 158 valence electrons. The molecule has 3 aromatic heterocycles. The normalized spacial score (nSPS) is 11.7. The molecule has 0 spiro atoms. The maximum atomic E-state index is 13.3. The second-order valence-corrected chi connectivity index (χ2v) is 7.71. The van der Waals surface area contributed by atoms with Crippen molar-refractivity contribution in [2.45, 2.75) is 46.2 Å². The van der Waals surface area contributed by atoms with E-state index in [1.54, 1.807) is 7.05 Å². The molecule has 4 rings (SSSR count). The summed E-state index contributed by atoms with van der Waals surface area (Å²) < 4.78 is 6.61. The summed E-state index contributed by atoms with van der Waals surface area (Å²) >= 11 is 0. The van der Waals surface area contributed by atoms with Crippen LogP contribution < -0.4 is 11.2 Å². The van der Waals surface area contributed by atoms with Crippen LogP contribution >= 0.6 is 0 Å². The molecule has 8 heteroatoms. The summed E-state index contributed by atoms with van der Waals surface area (Å²) in [6, 6.07) is 10.0. The summed E-state index contributed by atoms with van der Waals surface area (Å²) in [7, 11) is 1.66. The van der Waals surface area contributed by atoms with Crippen molar-refractivity contribution in [2.24, 2.45) is 7.05 Å². The lowest BCUT2D eigenvalue weighted by Gasteiger charge is -2.09. The van der Waals surface area contributed by atoms with Crippen molar-refractivity contribution in [1.82, 2.24) is 23.1 Å². The lowest BCUT2D eigenvalue weighted by molar-refractivity contribution is 0.280. The van der Waals surface area contributed by atoms with Gasteiger partial charge in [0.1, 0.15) is 0 Å². The maximum absolute atomic E-state index is 13.3. The standard InChI is InChI=1S/C22H27N5O3/c1-15-16(2)27-18-19(23-21(27)25(15)13-8-14-28)24(3)22(30)26(20(18)29)12-7-11-17-9-5-4-6-10-17/h4-6,9-10,28H,7-8,11-14H2,1-3H3. The number of benzene rings is 1. The van der Waals surface area contributed by atoms with Crippen LogP contribution in [0, 0.1) is 13.8 Å². The second-order valence-electron chi connectivity index (χ2n) is 7.71. The lowest BCUT2D eigenvalue weighted by Crippen LogP contribution is -2.39. The molecule has 0 aliphatic heterocycles. The molecule has 1 N–H and O–H groups in total. The molecule has 0 fully saturated rings. The molecule has 0 saturated heterocycles. The highest BCUT2D eigenvalue weighted by atomic mass is 16.3. The Hall–Kier alpha value is -3.13. The molecule has 0 bridgehead atoms. The number of nitrogens with zero attached hydrogens (tertiary/aromatic N) is 5. The summed E-state index contributed by atoms with van der Waals surface area (Å²) in [5, 5.41) is 9.22. The summed E-state index contributed by atoms with van der Waals surface area (Å²) in [4.78, 5) is 30.9. The van der Waals surface area contributed by atoms with Crippen molar-refractivity contribution in [3.63, 3.8) is 0 Å². The van der Waals surface area contributed by atoms with Gasteiger partial charge < -0.3 is 9.67 Å². The van der Waals surface area contributed by atoms with Crippen LogP contribution in [-0.2, 0) is 26.6 Å². The van der Waals surface area contributed by atoms with Gasteiger partial charge in [-0.2, -0.15) is 4.98 Å². The third-order valence-corrected chi connectivity index (χ3v) is 5.86. The van der Waals surface area contributed by atoms with E-state index in [1.165, 1.54) is 14.7 Å². The Balaban J connectivity index is 1.82. The number of imidazole rings is 2. The number of aliphatic hydroxyl groups is 1. The quantitative estimate of drug-likeness (QED) is 0.504. The van der Waals surface area contributed by atoms with Crippen LogP contribution in [0.2, 0.25) is 0 Å². The molecule has 4 aromatic rings. The van der Waals surface area contributed by atoms with Crippen LogP contribution in [0.1, 0.15) is 29.8 Å². The number of aliphatic hydroxyl groups excluding tert-OH is 1. The van der Waals surface area contributed by atoms with Crippen molar-refractivity contribution >= 4 is 16.9 Å². The summed E-state index contributed by atoms with van der Waals surface area (Å²) in [5.74, 6) is 0.627. The average molecular weight is 409 g/mol. The Labute approximate surface area is 173 Å². The first-order valence-corrected chi connectivity index (χ1v) is 10.3. The minimum Gasteiger partial charge on any atom is -0.396 e. The van der Waals surface area contributed by atoms with Gasteiger partial charge in [0.05, 0.1) is 0 Å². The fourth-order valence-electron chi connectivity index (χ4n) is 4.09. The van der Waals surface area contributed by atoms with E-state index in [9.17, 15) is 14.7 Å². The predicted octanol–water partition coefficient (Wildman–Crippen LogP) is 1.78. The Kier molecular flexibility index (Phi) is 5.34. The number of aryl methyl sites for hydroxylation is 4. The van der Waals surface area contributed by atoms with Crippen LogP contribution in [0.25, 0.3) is 16.9 Å². The largest absolute Gasteiger partial charge is 0.396 e. The molecule has 0 radical (unpaired) electrons. The second kappa shape index (κ2) is 7.95. The maximum Gasteiger partial charge on any atom is 0.332 e. The molecular weight excluding hydrogens is 382 g/mol. The van der Waals surface area contributed by atoms with Gasteiger partial charge in [-0.1, -0.05) is 30.3 Å². The van der Waals surface area contributed by atoms with Crippen molar-refractivity contribution in [1.29, 1.82) is 0 Å². The Bertz CT molecular complexity index is 1320. The van der Waals surface area contributed by atoms with Crippen LogP contribution in [0.5, 0.6) is 0 Å². The van der Waals surface area contributed by atoms with Crippen LogP contribution in [0.15, 0.2) is 39.9 Å². The topological polar surface area (TPSA) is 86.5 Å². The minimum atomic E-state index is -0.349. The van der Waals surface area contributed by atoms with Crippen LogP contribution in [0.3, 0.4) is 0 Å². The molecule has 30 heavy (non-hydrogen) atoms. The van der Waals surface area contributed by atoms with Crippen molar-refractivity contribution in [3.8, 4) is 0 Å². The van der Waals surface area contributed by atoms with Gasteiger partial charge in [0.25, 0.3) is 5.56 Å². The molecule has 0 aliphatic rings. The van der Waals surface area contributed by atoms with E-state index in [0.717, 1.165) is 17.8 Å². The Morgan fingerprint density at radius 3 is 2.37 bits per heavy atom. The zero-order valence-electron chi connectivity index (χ0n) is 17.6. The molecular formula is C22H27N5O3. The summed E-state index contributed by atoms with van der Waals surface area (Å²) in [6.45, 7) is 4.96. The highest BCUT2D eigenvalue weighted by Gasteiger charge is 2.22. The molecule has 1 aromatic carbocycles. The van der Waals surface area contributed by atoms with E-state index in [0.29, 0.717) is 42.9 Å². The minimum absolute atomic E-state index is 0.0791. The van der Waals surface area contributed by atoms with E-state index >= 15 is 0 Å². The first-order chi connectivity index (χ1) is 14.5. The molecule has 8 nitrogen and oxygen atoms in total. The first kappa shape index (κ1) is 20.2. The smallest absolute Gasteiger partial charge is 0.332 e. The third-order valence-electron chi connectivity index (χ3n) is 5.86. The molecule has 0 unspecified atom stereocenters. The van der Waals surface area contributed by atoms with Gasteiger partial charge in [0, 0.05) is 38.1 Å². The lowest BCUT2D eigenvalue weighted by atomic mass is 10.1. The fourth-order valence-corrected chi connectivity index (χ4v) is 4.09. The molecule has 0 amide bonds. The van der Waals surface area contributed by atoms with Gasteiger partial charge in [-0.25, -0.2) is 4.79 Å². The number of hydrogen-bond donors (Lipinski definition) is 1. The van der Waals surface area contributed by atoms with Crippen molar-refractivity contribution in [3.05, 3.63) is 68.1 Å². The Morgan fingerprint density at radius 2 is 1.67 bits per heavy atom. The van der Waals surface area contributed by atoms with Crippen LogP contribution in [-0.4, -0.2) is 34.8 Å². The van der Waals surface area contributed by atoms with Gasteiger partial charge in [0.2, 0.25) is 5.78 Å². The van der Waals surface area contributed by atoms with Gasteiger partial charge in [0.15, 0.2) is 11.2 Å². The first-order valence-electron chi connectivity index (χ1n) is 10.3. The van der Waals surface area contributed by atoms with Crippen molar-refractivity contribution < 1.29 is 5.11 Å².